The molecule has 1 aliphatic rings. The summed E-state index contributed by atoms with van der Waals surface area (Å²) in [6.07, 6.45) is 3.38. The molecule has 120 valence electrons. The first-order chi connectivity index (χ1) is 9.99. The van der Waals surface area contributed by atoms with Crippen molar-refractivity contribution in [1.29, 1.82) is 0 Å². The van der Waals surface area contributed by atoms with E-state index in [9.17, 15) is 19.5 Å². The van der Waals surface area contributed by atoms with Crippen molar-refractivity contribution >= 4 is 18.0 Å². The lowest BCUT2D eigenvalue weighted by molar-refractivity contribution is -0.144. The number of nitrogens with one attached hydrogen (secondary N) is 1. The van der Waals surface area contributed by atoms with Crippen molar-refractivity contribution in [2.75, 3.05) is 26.7 Å². The van der Waals surface area contributed by atoms with Gasteiger partial charge in [0, 0.05) is 13.1 Å². The number of hydrogen-bond acceptors (Lipinski definition) is 4. The summed E-state index contributed by atoms with van der Waals surface area (Å²) >= 11 is 0. The Kier molecular flexibility index (Phi) is 6.98. The van der Waals surface area contributed by atoms with Crippen molar-refractivity contribution in [3.63, 3.8) is 0 Å². The fraction of sp³-hybridized carbons (Fsp3) is 0.786. The minimum atomic E-state index is -0.796. The van der Waals surface area contributed by atoms with Crippen LogP contribution in [0.4, 0.5) is 4.79 Å². The number of ether oxygens (including phenoxy) is 1. The lowest BCUT2D eigenvalue weighted by atomic mass is 9.79. The molecule has 2 unspecified atom stereocenters. The predicted molar refractivity (Wildman–Crippen MR) is 75.7 cm³/mol. The molecule has 0 aromatic rings. The van der Waals surface area contributed by atoms with Gasteiger partial charge in [0.25, 0.3) is 0 Å². The highest BCUT2D eigenvalue weighted by atomic mass is 16.5. The van der Waals surface area contributed by atoms with E-state index in [0.717, 1.165) is 19.3 Å². The summed E-state index contributed by atoms with van der Waals surface area (Å²) in [5, 5.41) is 11.9. The molecule has 0 aromatic carbocycles. The fourth-order valence-corrected chi connectivity index (χ4v) is 2.65. The average Bonchev–Trinajstić information content (AvgIpc) is 2.49. The Morgan fingerprint density at radius 2 is 1.95 bits per heavy atom. The number of carbonyl (C=O) groups is 3. The number of rotatable bonds is 6. The number of aliphatic carboxylic acids is 1. The van der Waals surface area contributed by atoms with Crippen LogP contribution in [0.3, 0.4) is 0 Å². The van der Waals surface area contributed by atoms with Gasteiger partial charge in [-0.1, -0.05) is 12.8 Å². The molecule has 0 saturated heterocycles. The standard InChI is InChI=1S/C14H24N2O5/c1-3-16(9-12(17)21-2)14(20)15-8-10-6-4-5-7-11(10)13(18)19/h10-11H,3-9H2,1-2H3,(H,15,20)(H,18,19). The maximum absolute atomic E-state index is 12.0. The topological polar surface area (TPSA) is 95.9 Å². The molecule has 0 aliphatic heterocycles. The second-order valence-corrected chi connectivity index (χ2v) is 5.27. The zero-order valence-electron chi connectivity index (χ0n) is 12.6. The quantitative estimate of drug-likeness (QED) is 0.716. The van der Waals surface area contributed by atoms with E-state index in [4.69, 9.17) is 0 Å². The molecular formula is C14H24N2O5. The molecule has 21 heavy (non-hydrogen) atoms. The SMILES string of the molecule is CCN(CC(=O)OC)C(=O)NCC1CCCCC1C(=O)O. The Morgan fingerprint density at radius 3 is 2.52 bits per heavy atom. The molecule has 0 heterocycles. The zero-order valence-corrected chi connectivity index (χ0v) is 12.6. The van der Waals surface area contributed by atoms with E-state index in [-0.39, 0.29) is 18.5 Å². The normalized spacial score (nSPS) is 21.4. The Bertz CT molecular complexity index is 386. The number of urea groups is 1. The van der Waals surface area contributed by atoms with E-state index < -0.39 is 17.9 Å². The summed E-state index contributed by atoms with van der Waals surface area (Å²) in [5.41, 5.74) is 0. The maximum Gasteiger partial charge on any atom is 0.325 e. The van der Waals surface area contributed by atoms with Gasteiger partial charge in [0.2, 0.25) is 0 Å². The first kappa shape index (κ1) is 17.3. The van der Waals surface area contributed by atoms with Gasteiger partial charge >= 0.3 is 18.0 Å². The molecular weight excluding hydrogens is 276 g/mol. The number of carbonyl (C=O) groups excluding carboxylic acids is 2. The second-order valence-electron chi connectivity index (χ2n) is 5.27. The van der Waals surface area contributed by atoms with Crippen molar-refractivity contribution in [1.82, 2.24) is 10.2 Å². The molecule has 7 nitrogen and oxygen atoms in total. The number of carboxylic acid groups (broad SMARTS) is 1. The van der Waals surface area contributed by atoms with Gasteiger partial charge in [0.1, 0.15) is 6.54 Å². The Balaban J connectivity index is 2.49. The summed E-state index contributed by atoms with van der Waals surface area (Å²) in [6, 6.07) is -0.363. The highest BCUT2D eigenvalue weighted by Crippen LogP contribution is 2.29. The zero-order chi connectivity index (χ0) is 15.8. The van der Waals surface area contributed by atoms with Gasteiger partial charge in [0.15, 0.2) is 0 Å². The molecule has 0 spiro atoms. The summed E-state index contributed by atoms with van der Waals surface area (Å²) in [4.78, 5) is 35.8. The number of methoxy groups -OCH3 is 1. The van der Waals surface area contributed by atoms with Crippen LogP contribution in [0.25, 0.3) is 0 Å². The van der Waals surface area contributed by atoms with Crippen LogP contribution in [-0.4, -0.2) is 54.7 Å². The van der Waals surface area contributed by atoms with E-state index in [1.54, 1.807) is 6.92 Å². The highest BCUT2D eigenvalue weighted by Gasteiger charge is 2.31. The number of hydrogen-bond donors (Lipinski definition) is 2. The largest absolute Gasteiger partial charge is 0.481 e. The van der Waals surface area contributed by atoms with Crippen LogP contribution in [-0.2, 0) is 14.3 Å². The van der Waals surface area contributed by atoms with Gasteiger partial charge in [-0.25, -0.2) is 4.79 Å². The third kappa shape index (κ3) is 5.24. The van der Waals surface area contributed by atoms with Gasteiger partial charge in [0.05, 0.1) is 13.0 Å². The number of nitrogens with zero attached hydrogens (tertiary/aromatic N) is 1. The van der Waals surface area contributed by atoms with Crippen LogP contribution in [0, 0.1) is 11.8 Å². The molecule has 2 atom stereocenters. The molecule has 1 aliphatic carbocycles. The summed E-state index contributed by atoms with van der Waals surface area (Å²) in [5.74, 6) is -1.71. The molecule has 1 saturated carbocycles. The van der Waals surface area contributed by atoms with Gasteiger partial charge in [-0.05, 0) is 25.7 Å². The number of likely N-dealkylation sites (N-methyl/N-ethyl adjacent to an activating group) is 1. The Morgan fingerprint density at radius 1 is 1.29 bits per heavy atom. The van der Waals surface area contributed by atoms with Gasteiger partial charge in [-0.15, -0.1) is 0 Å². The van der Waals surface area contributed by atoms with Crippen molar-refractivity contribution in [3.05, 3.63) is 0 Å². The number of carboxylic acids is 1. The summed E-state index contributed by atoms with van der Waals surface area (Å²) in [7, 11) is 1.27. The average molecular weight is 300 g/mol. The van der Waals surface area contributed by atoms with Crippen LogP contribution in [0.1, 0.15) is 32.6 Å². The minimum absolute atomic E-state index is 0.0444. The Labute approximate surface area is 124 Å². The van der Waals surface area contributed by atoms with E-state index in [2.05, 4.69) is 10.1 Å². The lowest BCUT2D eigenvalue weighted by Crippen LogP contribution is -2.46. The molecule has 1 fully saturated rings. The van der Waals surface area contributed by atoms with Crippen molar-refractivity contribution < 1.29 is 24.2 Å². The highest BCUT2D eigenvalue weighted by molar-refractivity contribution is 5.81. The van der Waals surface area contributed by atoms with Gasteiger partial charge < -0.3 is 20.1 Å². The molecule has 0 aromatic heterocycles. The predicted octanol–water partition coefficient (Wildman–Crippen LogP) is 1.08. The maximum atomic E-state index is 12.0. The van der Waals surface area contributed by atoms with Crippen molar-refractivity contribution in [2.45, 2.75) is 32.6 Å². The number of amides is 2. The van der Waals surface area contributed by atoms with Crippen LogP contribution in [0.15, 0.2) is 0 Å². The fourth-order valence-electron chi connectivity index (χ4n) is 2.65. The van der Waals surface area contributed by atoms with Crippen LogP contribution in [0.2, 0.25) is 0 Å². The Hall–Kier alpha value is -1.79. The molecule has 0 radical (unpaired) electrons. The summed E-state index contributed by atoms with van der Waals surface area (Å²) < 4.78 is 4.54. The molecule has 2 amide bonds. The molecule has 1 rings (SSSR count). The molecule has 0 bridgehead atoms. The van der Waals surface area contributed by atoms with E-state index in [1.165, 1.54) is 12.0 Å². The monoisotopic (exact) mass is 300 g/mol. The third-order valence-electron chi connectivity index (χ3n) is 3.96. The van der Waals surface area contributed by atoms with Crippen molar-refractivity contribution in [2.24, 2.45) is 11.8 Å². The molecule has 2 N–H and O–H groups in total. The minimum Gasteiger partial charge on any atom is -0.481 e. The van der Waals surface area contributed by atoms with Crippen LogP contribution >= 0.6 is 0 Å². The summed E-state index contributed by atoms with van der Waals surface area (Å²) in [6.45, 7) is 2.37. The molecule has 7 heteroatoms. The smallest absolute Gasteiger partial charge is 0.325 e. The van der Waals surface area contributed by atoms with Crippen molar-refractivity contribution in [3.8, 4) is 0 Å². The van der Waals surface area contributed by atoms with E-state index in [1.807, 2.05) is 0 Å². The first-order valence-electron chi connectivity index (χ1n) is 7.32. The third-order valence-corrected chi connectivity index (χ3v) is 3.96. The van der Waals surface area contributed by atoms with Gasteiger partial charge in [-0.2, -0.15) is 0 Å². The van der Waals surface area contributed by atoms with E-state index >= 15 is 0 Å². The van der Waals surface area contributed by atoms with Crippen LogP contribution in [0.5, 0.6) is 0 Å². The first-order valence-corrected chi connectivity index (χ1v) is 7.32. The lowest BCUT2D eigenvalue weighted by Gasteiger charge is -2.29. The van der Waals surface area contributed by atoms with Crippen LogP contribution < -0.4 is 5.32 Å². The van der Waals surface area contributed by atoms with E-state index in [0.29, 0.717) is 19.5 Å². The number of esters is 1. The second kappa shape index (κ2) is 8.49. The van der Waals surface area contributed by atoms with Gasteiger partial charge in [-0.3, -0.25) is 9.59 Å².